The molecule has 0 radical (unpaired) electrons. The van der Waals surface area contributed by atoms with Gasteiger partial charge in [-0.2, -0.15) is 0 Å². The van der Waals surface area contributed by atoms with E-state index in [9.17, 15) is 4.79 Å². The molecule has 0 aliphatic carbocycles. The predicted octanol–water partition coefficient (Wildman–Crippen LogP) is 4.87. The molecule has 0 aliphatic rings. The quantitative estimate of drug-likeness (QED) is 0.534. The maximum Gasteiger partial charge on any atom is 0.185 e. The monoisotopic (exact) mass is 338 g/mol. The highest BCUT2D eigenvalue weighted by atomic mass is 16.1. The lowest BCUT2D eigenvalue weighted by atomic mass is 10.0. The molecule has 126 valence electrons. The molecule has 0 aliphatic heterocycles. The van der Waals surface area contributed by atoms with Crippen LogP contribution in [0.3, 0.4) is 0 Å². The van der Waals surface area contributed by atoms with Crippen molar-refractivity contribution in [1.82, 2.24) is 9.55 Å². The fourth-order valence-electron chi connectivity index (χ4n) is 3.23. The Hall–Kier alpha value is -3.46. The van der Waals surface area contributed by atoms with Gasteiger partial charge in [0.2, 0.25) is 0 Å². The zero-order valence-corrected chi connectivity index (χ0v) is 14.5. The predicted molar refractivity (Wildman–Crippen MR) is 105 cm³/mol. The minimum absolute atomic E-state index is 0.0352. The lowest BCUT2D eigenvalue weighted by Gasteiger charge is -2.21. The van der Waals surface area contributed by atoms with Gasteiger partial charge in [0.1, 0.15) is 0 Å². The van der Waals surface area contributed by atoms with Crippen molar-refractivity contribution in [1.29, 1.82) is 0 Å². The average molecular weight is 338 g/mol. The van der Waals surface area contributed by atoms with E-state index in [-0.39, 0.29) is 5.43 Å². The SMILES string of the molecule is Cc1c(-c2ccccc2)n(-c2ccncc2)c(-c2ccccc2)cc1=O. The highest BCUT2D eigenvalue weighted by Gasteiger charge is 2.16. The van der Waals surface area contributed by atoms with Crippen LogP contribution in [0.15, 0.2) is 96.1 Å². The van der Waals surface area contributed by atoms with E-state index in [0.29, 0.717) is 0 Å². The third kappa shape index (κ3) is 2.84. The van der Waals surface area contributed by atoms with Crippen molar-refractivity contribution in [2.24, 2.45) is 0 Å². The molecule has 0 atom stereocenters. The Morgan fingerprint density at radius 1 is 0.769 bits per heavy atom. The van der Waals surface area contributed by atoms with Gasteiger partial charge in [0, 0.05) is 29.7 Å². The van der Waals surface area contributed by atoms with Crippen LogP contribution in [0.5, 0.6) is 0 Å². The van der Waals surface area contributed by atoms with E-state index in [2.05, 4.69) is 9.55 Å². The molecule has 26 heavy (non-hydrogen) atoms. The number of rotatable bonds is 3. The van der Waals surface area contributed by atoms with Gasteiger partial charge in [-0.3, -0.25) is 9.78 Å². The van der Waals surface area contributed by atoms with E-state index >= 15 is 0 Å². The Bertz CT molecular complexity index is 1090. The fraction of sp³-hybridized carbons (Fsp3) is 0.0435. The van der Waals surface area contributed by atoms with Gasteiger partial charge >= 0.3 is 0 Å². The molecule has 0 saturated heterocycles. The molecular formula is C23H18N2O. The molecule has 3 nitrogen and oxygen atoms in total. The summed E-state index contributed by atoms with van der Waals surface area (Å²) in [6, 6.07) is 25.7. The van der Waals surface area contributed by atoms with E-state index in [1.165, 1.54) is 0 Å². The van der Waals surface area contributed by atoms with Gasteiger partial charge < -0.3 is 4.57 Å². The topological polar surface area (TPSA) is 34.9 Å². The molecule has 0 spiro atoms. The molecule has 3 heteroatoms. The van der Waals surface area contributed by atoms with E-state index in [0.717, 1.165) is 33.8 Å². The molecule has 0 fully saturated rings. The highest BCUT2D eigenvalue weighted by Crippen LogP contribution is 2.31. The lowest BCUT2D eigenvalue weighted by molar-refractivity contribution is 1.03. The van der Waals surface area contributed by atoms with Crippen molar-refractivity contribution in [3.05, 3.63) is 107 Å². The van der Waals surface area contributed by atoms with Crippen molar-refractivity contribution < 1.29 is 0 Å². The molecule has 0 amide bonds. The van der Waals surface area contributed by atoms with Gasteiger partial charge in [-0.1, -0.05) is 60.7 Å². The van der Waals surface area contributed by atoms with Crippen LogP contribution in [0.2, 0.25) is 0 Å². The Balaban J connectivity index is 2.14. The summed E-state index contributed by atoms with van der Waals surface area (Å²) < 4.78 is 2.14. The number of hydrogen-bond acceptors (Lipinski definition) is 2. The highest BCUT2D eigenvalue weighted by molar-refractivity contribution is 5.73. The second-order valence-electron chi connectivity index (χ2n) is 6.14. The van der Waals surface area contributed by atoms with Crippen molar-refractivity contribution in [3.8, 4) is 28.2 Å². The third-order valence-electron chi connectivity index (χ3n) is 4.49. The summed E-state index contributed by atoms with van der Waals surface area (Å²) in [5, 5.41) is 0. The first-order valence-corrected chi connectivity index (χ1v) is 8.53. The first-order valence-electron chi connectivity index (χ1n) is 8.53. The molecule has 0 saturated carbocycles. The third-order valence-corrected chi connectivity index (χ3v) is 4.49. The molecule has 0 unspecified atom stereocenters. The minimum Gasteiger partial charge on any atom is -0.309 e. The maximum absolute atomic E-state index is 12.8. The molecule has 4 rings (SSSR count). The lowest BCUT2D eigenvalue weighted by Crippen LogP contribution is -2.15. The first kappa shape index (κ1) is 16.0. The number of aromatic nitrogens is 2. The van der Waals surface area contributed by atoms with Crippen LogP contribution < -0.4 is 5.43 Å². The zero-order valence-electron chi connectivity index (χ0n) is 14.5. The summed E-state index contributed by atoms with van der Waals surface area (Å²) in [7, 11) is 0. The Morgan fingerprint density at radius 3 is 1.96 bits per heavy atom. The van der Waals surface area contributed by atoms with E-state index < -0.39 is 0 Å². The van der Waals surface area contributed by atoms with Crippen LogP contribution >= 0.6 is 0 Å². The molecule has 2 heterocycles. The van der Waals surface area contributed by atoms with E-state index in [4.69, 9.17) is 0 Å². The Labute approximate surface area is 152 Å². The number of benzene rings is 2. The van der Waals surface area contributed by atoms with Crippen LogP contribution in [-0.2, 0) is 0 Å². The summed E-state index contributed by atoms with van der Waals surface area (Å²) in [5.74, 6) is 0. The summed E-state index contributed by atoms with van der Waals surface area (Å²) in [6.45, 7) is 1.89. The van der Waals surface area contributed by atoms with Gasteiger partial charge in [0.05, 0.1) is 11.4 Å². The number of nitrogens with zero attached hydrogens (tertiary/aromatic N) is 2. The number of hydrogen-bond donors (Lipinski definition) is 0. The normalized spacial score (nSPS) is 10.7. The summed E-state index contributed by atoms with van der Waals surface area (Å²) in [6.07, 6.45) is 3.54. The van der Waals surface area contributed by atoms with Crippen molar-refractivity contribution >= 4 is 0 Å². The Kier molecular flexibility index (Phi) is 4.20. The van der Waals surface area contributed by atoms with Crippen molar-refractivity contribution in [2.75, 3.05) is 0 Å². The van der Waals surface area contributed by atoms with Crippen LogP contribution in [-0.4, -0.2) is 9.55 Å². The Morgan fingerprint density at radius 2 is 1.35 bits per heavy atom. The van der Waals surface area contributed by atoms with Crippen LogP contribution in [0.4, 0.5) is 0 Å². The summed E-state index contributed by atoms with van der Waals surface area (Å²) >= 11 is 0. The smallest absolute Gasteiger partial charge is 0.185 e. The zero-order chi connectivity index (χ0) is 17.9. The summed E-state index contributed by atoms with van der Waals surface area (Å²) in [4.78, 5) is 16.9. The molecule has 0 bridgehead atoms. The van der Waals surface area contributed by atoms with E-state index in [1.807, 2.05) is 79.7 Å². The largest absolute Gasteiger partial charge is 0.309 e. The van der Waals surface area contributed by atoms with Crippen molar-refractivity contribution in [3.63, 3.8) is 0 Å². The van der Waals surface area contributed by atoms with Crippen LogP contribution in [0.25, 0.3) is 28.2 Å². The molecule has 4 aromatic rings. The van der Waals surface area contributed by atoms with Gasteiger partial charge in [-0.25, -0.2) is 0 Å². The van der Waals surface area contributed by atoms with Gasteiger partial charge in [-0.15, -0.1) is 0 Å². The molecular weight excluding hydrogens is 320 g/mol. The molecule has 2 aromatic carbocycles. The minimum atomic E-state index is 0.0352. The fourth-order valence-corrected chi connectivity index (χ4v) is 3.23. The maximum atomic E-state index is 12.8. The number of pyridine rings is 2. The van der Waals surface area contributed by atoms with Crippen LogP contribution in [0.1, 0.15) is 5.56 Å². The molecule has 0 N–H and O–H groups in total. The van der Waals surface area contributed by atoms with Crippen LogP contribution in [0, 0.1) is 6.92 Å². The van der Waals surface area contributed by atoms with Gasteiger partial charge in [0.25, 0.3) is 0 Å². The van der Waals surface area contributed by atoms with Gasteiger partial charge in [0.15, 0.2) is 5.43 Å². The van der Waals surface area contributed by atoms with E-state index in [1.54, 1.807) is 18.5 Å². The summed E-state index contributed by atoms with van der Waals surface area (Å²) in [5.41, 5.74) is 5.52. The average Bonchev–Trinajstić information content (AvgIpc) is 2.71. The second-order valence-corrected chi connectivity index (χ2v) is 6.14. The molecule has 2 aromatic heterocycles. The first-order chi connectivity index (χ1) is 12.8. The van der Waals surface area contributed by atoms with Gasteiger partial charge in [-0.05, 0) is 30.2 Å². The standard InChI is InChI=1S/C23H18N2O/c1-17-22(26)16-21(18-8-4-2-5-9-18)25(20-12-14-24-15-13-20)23(17)19-10-6-3-7-11-19/h2-16H,1H3. The second kappa shape index (κ2) is 6.81. The van der Waals surface area contributed by atoms with Crippen molar-refractivity contribution in [2.45, 2.75) is 6.92 Å².